The average Bonchev–Trinajstić information content (AvgIpc) is 3.29. The van der Waals surface area contributed by atoms with Gasteiger partial charge in [0.25, 0.3) is 30.4 Å². The van der Waals surface area contributed by atoms with Crippen molar-refractivity contribution in [3.8, 4) is 0 Å². The molecule has 0 fully saturated rings. The van der Waals surface area contributed by atoms with Crippen LogP contribution in [-0.2, 0) is 44.7 Å². The second kappa shape index (κ2) is 54.0. The number of carbonyl (C=O) groups excluding carboxylic acids is 3. The fraction of sp³-hybridized carbons (Fsp3) is 0.944. The fourth-order valence-electron chi connectivity index (χ4n) is 8.74. The first-order valence-electron chi connectivity index (χ1n) is 28.7. The van der Waals surface area contributed by atoms with Crippen molar-refractivity contribution >= 4 is 65.6 Å². The molecule has 0 radical (unpaired) electrons. The van der Waals surface area contributed by atoms with Crippen molar-refractivity contribution < 1.29 is 68.6 Å². The van der Waals surface area contributed by atoms with Gasteiger partial charge in [0.2, 0.25) is 0 Å². The Labute approximate surface area is 457 Å². The minimum atomic E-state index is -4.54. The SMILES string of the molecule is CCCCCCCCCCCCCCCCC(C(=O)[O-])S(=O)(=O)O.CCCCCCCCCCCCCCCCC(C(=O)[O-])S(=O)(=O)O.CCCCCCCCCCCCCCCCC(C(=O)[O-])S(=O)(=O)O.[Al+3]. The Bertz CT molecular complexity index is 1410. The van der Waals surface area contributed by atoms with E-state index in [0.717, 1.165) is 57.8 Å². The quantitative estimate of drug-likeness (QED) is 0.0290. The number of hydrogen-bond donors (Lipinski definition) is 3. The van der Waals surface area contributed by atoms with E-state index in [1.54, 1.807) is 0 Å². The monoisotopic (exact) mass is 1120 g/mol. The van der Waals surface area contributed by atoms with Crippen molar-refractivity contribution in [2.75, 3.05) is 0 Å². The van der Waals surface area contributed by atoms with Crippen molar-refractivity contribution in [1.82, 2.24) is 0 Å². The first-order chi connectivity index (χ1) is 34.2. The van der Waals surface area contributed by atoms with Gasteiger partial charge < -0.3 is 29.7 Å². The largest absolute Gasteiger partial charge is 3.00 e. The second-order valence-electron chi connectivity index (χ2n) is 20.1. The van der Waals surface area contributed by atoms with Crippen molar-refractivity contribution in [3.63, 3.8) is 0 Å². The third-order valence-electron chi connectivity index (χ3n) is 13.3. The van der Waals surface area contributed by atoms with E-state index in [1.165, 1.54) is 193 Å². The molecule has 0 aliphatic heterocycles. The summed E-state index contributed by atoms with van der Waals surface area (Å²) in [6, 6.07) is 0. The van der Waals surface area contributed by atoms with E-state index in [2.05, 4.69) is 20.8 Å². The van der Waals surface area contributed by atoms with Gasteiger partial charge in [0.1, 0.15) is 15.7 Å². The normalized spacial score (nSPS) is 12.9. The molecule has 3 unspecified atom stereocenters. The van der Waals surface area contributed by atoms with Gasteiger partial charge in [0, 0.05) is 0 Å². The molecule has 3 N–H and O–H groups in total. The van der Waals surface area contributed by atoms with Crippen LogP contribution >= 0.6 is 0 Å². The zero-order valence-electron chi connectivity index (χ0n) is 46.1. The summed E-state index contributed by atoms with van der Waals surface area (Å²) >= 11 is 0. The maximum Gasteiger partial charge on any atom is 3.00 e. The van der Waals surface area contributed by atoms with E-state index in [0.29, 0.717) is 19.3 Å². The first kappa shape index (κ1) is 78.2. The van der Waals surface area contributed by atoms with Crippen LogP contribution < -0.4 is 15.3 Å². The first-order valence-corrected chi connectivity index (χ1v) is 33.2. The Kier molecular flexibility index (Phi) is 57.9. The zero-order chi connectivity index (χ0) is 54.8. The number of aliphatic carboxylic acids is 3. The Balaban J connectivity index is -0.000000486. The summed E-state index contributed by atoms with van der Waals surface area (Å²) in [6.07, 6.45) is 49.1. The summed E-state index contributed by atoms with van der Waals surface area (Å²) in [4.78, 5) is 32.0. The summed E-state index contributed by atoms with van der Waals surface area (Å²) in [5.41, 5.74) is 0. The predicted octanol–water partition coefficient (Wildman–Crippen LogP) is 11.2. The summed E-state index contributed by atoms with van der Waals surface area (Å²) in [7, 11) is -13.6. The van der Waals surface area contributed by atoms with Crippen LogP contribution in [0, 0.1) is 0 Å². The van der Waals surface area contributed by atoms with E-state index in [4.69, 9.17) is 13.7 Å². The standard InChI is InChI=1S/3C18H36O5S.Al/c3*1-2-3-4-5-6-7-8-9-10-11-12-13-14-15-16-17(18(19)20)24(21,22)23;/h3*17H,2-16H2,1H3,(H,19,20)(H,21,22,23);/q;;;+3/p-3. The maximum atomic E-state index is 10.9. The van der Waals surface area contributed by atoms with Gasteiger partial charge >= 0.3 is 17.4 Å². The van der Waals surface area contributed by atoms with Crippen molar-refractivity contribution in [2.24, 2.45) is 0 Å². The number of rotatable bonds is 51. The number of unbranched alkanes of at least 4 members (excludes halogenated alkanes) is 39. The van der Waals surface area contributed by atoms with Gasteiger partial charge in [0.05, 0.1) is 17.9 Å². The molecule has 0 heterocycles. The third kappa shape index (κ3) is 56.7. The molecule has 3 atom stereocenters. The van der Waals surface area contributed by atoms with Gasteiger partial charge in [-0.15, -0.1) is 0 Å². The fourth-order valence-corrected chi connectivity index (χ4v) is 10.9. The molecular formula is C54H105AlO15S3. The van der Waals surface area contributed by atoms with E-state index in [1.807, 2.05) is 0 Å². The van der Waals surface area contributed by atoms with Gasteiger partial charge in [-0.1, -0.05) is 290 Å². The van der Waals surface area contributed by atoms with Crippen LogP contribution in [0.15, 0.2) is 0 Å². The molecule has 0 saturated heterocycles. The predicted molar refractivity (Wildman–Crippen MR) is 292 cm³/mol. The molecule has 0 amide bonds. The molecule has 73 heavy (non-hydrogen) atoms. The zero-order valence-corrected chi connectivity index (χ0v) is 49.7. The smallest absolute Gasteiger partial charge is 0.549 e. The van der Waals surface area contributed by atoms with Crippen LogP contribution in [0.1, 0.15) is 310 Å². The second-order valence-corrected chi connectivity index (χ2v) is 24.9. The molecule has 0 aromatic heterocycles. The maximum absolute atomic E-state index is 10.9. The molecule has 0 aromatic rings. The van der Waals surface area contributed by atoms with E-state index >= 15 is 0 Å². The van der Waals surface area contributed by atoms with Crippen LogP contribution in [0.2, 0.25) is 0 Å². The molecule has 0 aliphatic carbocycles. The van der Waals surface area contributed by atoms with E-state index in [-0.39, 0.29) is 36.6 Å². The molecule has 0 aliphatic rings. The van der Waals surface area contributed by atoms with Crippen LogP contribution in [0.5, 0.6) is 0 Å². The Morgan fingerprint density at radius 1 is 0.274 bits per heavy atom. The Morgan fingerprint density at radius 3 is 0.479 bits per heavy atom. The van der Waals surface area contributed by atoms with Crippen LogP contribution in [0.3, 0.4) is 0 Å². The minimum Gasteiger partial charge on any atom is -0.549 e. The molecule has 0 rings (SSSR count). The molecule has 0 aromatic carbocycles. The number of hydrogen-bond acceptors (Lipinski definition) is 12. The van der Waals surface area contributed by atoms with Gasteiger partial charge in [-0.25, -0.2) is 0 Å². The van der Waals surface area contributed by atoms with Crippen molar-refractivity contribution in [2.45, 2.75) is 325 Å². The van der Waals surface area contributed by atoms with Crippen LogP contribution in [-0.4, -0.2) is 89.9 Å². The summed E-state index contributed by atoms with van der Waals surface area (Å²) < 4.78 is 91.6. The van der Waals surface area contributed by atoms with Gasteiger partial charge in [0.15, 0.2) is 0 Å². The topological polar surface area (TPSA) is 284 Å². The van der Waals surface area contributed by atoms with E-state index in [9.17, 15) is 55.0 Å². The Morgan fingerprint density at radius 2 is 0.384 bits per heavy atom. The third-order valence-corrected chi connectivity index (χ3v) is 16.8. The van der Waals surface area contributed by atoms with Gasteiger partial charge in [-0.05, 0) is 19.3 Å². The summed E-state index contributed by atoms with van der Waals surface area (Å²) in [6.45, 7) is 6.70. The molecule has 432 valence electrons. The molecule has 0 bridgehead atoms. The van der Waals surface area contributed by atoms with Crippen LogP contribution in [0.25, 0.3) is 0 Å². The van der Waals surface area contributed by atoms with Gasteiger partial charge in [-0.2, -0.15) is 25.3 Å². The molecule has 0 saturated carbocycles. The molecule has 19 heteroatoms. The number of carboxylic acids is 3. The minimum absolute atomic E-state index is 0. The summed E-state index contributed by atoms with van der Waals surface area (Å²) in [5.74, 6) is -5.15. The molecule has 15 nitrogen and oxygen atoms in total. The number of carboxylic acid groups (broad SMARTS) is 3. The Hall–Kier alpha value is -1.33. The average molecular weight is 1120 g/mol. The van der Waals surface area contributed by atoms with E-state index < -0.39 is 64.0 Å². The van der Waals surface area contributed by atoms with Crippen molar-refractivity contribution in [1.29, 1.82) is 0 Å². The van der Waals surface area contributed by atoms with Crippen LogP contribution in [0.4, 0.5) is 0 Å². The molecular weight excluding hydrogens is 1010 g/mol. The molecule has 0 spiro atoms. The number of carbonyl (C=O) groups is 3. The van der Waals surface area contributed by atoms with Crippen molar-refractivity contribution in [3.05, 3.63) is 0 Å². The van der Waals surface area contributed by atoms with Gasteiger partial charge in [-0.3, -0.25) is 13.7 Å². The summed E-state index contributed by atoms with van der Waals surface area (Å²) in [5, 5.41) is 26.6.